The molecule has 0 radical (unpaired) electrons. The van der Waals surface area contributed by atoms with E-state index in [9.17, 15) is 14.4 Å². The molecule has 6 nitrogen and oxygen atoms in total. The molecular formula is C77H140O6. The largest absolute Gasteiger partial charge is 0.462 e. The Morgan fingerprint density at radius 1 is 0.241 bits per heavy atom. The number of hydrogen-bond donors (Lipinski definition) is 0. The number of allylic oxidation sites excluding steroid dienone is 10. The minimum Gasteiger partial charge on any atom is -0.462 e. The summed E-state index contributed by atoms with van der Waals surface area (Å²) in [5.41, 5.74) is 0. The van der Waals surface area contributed by atoms with Crippen LogP contribution in [0, 0.1) is 0 Å². The van der Waals surface area contributed by atoms with Crippen LogP contribution < -0.4 is 0 Å². The van der Waals surface area contributed by atoms with Crippen LogP contribution in [0.3, 0.4) is 0 Å². The van der Waals surface area contributed by atoms with Gasteiger partial charge < -0.3 is 14.2 Å². The molecule has 0 aromatic heterocycles. The van der Waals surface area contributed by atoms with Gasteiger partial charge in [-0.15, -0.1) is 0 Å². The summed E-state index contributed by atoms with van der Waals surface area (Å²) in [6.45, 7) is 6.64. The first kappa shape index (κ1) is 80.1. The Kier molecular flexibility index (Phi) is 69.1. The van der Waals surface area contributed by atoms with Crippen molar-refractivity contribution >= 4 is 17.9 Å². The zero-order chi connectivity index (χ0) is 59.9. The number of ether oxygens (including phenoxy) is 3. The molecule has 0 aliphatic rings. The molecule has 6 heteroatoms. The van der Waals surface area contributed by atoms with Gasteiger partial charge in [-0.1, -0.05) is 345 Å². The first-order chi connectivity index (χ1) is 41.0. The van der Waals surface area contributed by atoms with Crippen molar-refractivity contribution in [3.63, 3.8) is 0 Å². The monoisotopic (exact) mass is 1160 g/mol. The molecule has 0 aliphatic carbocycles. The van der Waals surface area contributed by atoms with E-state index in [2.05, 4.69) is 81.5 Å². The van der Waals surface area contributed by atoms with E-state index in [4.69, 9.17) is 14.2 Å². The van der Waals surface area contributed by atoms with Gasteiger partial charge in [-0.2, -0.15) is 0 Å². The maximum atomic E-state index is 13.0. The molecule has 0 saturated carbocycles. The highest BCUT2D eigenvalue weighted by Gasteiger charge is 2.19. The molecule has 0 N–H and O–H groups in total. The minimum atomic E-state index is -0.786. The molecule has 83 heavy (non-hydrogen) atoms. The van der Waals surface area contributed by atoms with Crippen LogP contribution in [-0.4, -0.2) is 37.2 Å². The molecule has 484 valence electrons. The van der Waals surface area contributed by atoms with Crippen molar-refractivity contribution in [2.45, 2.75) is 399 Å². The zero-order valence-electron chi connectivity index (χ0n) is 55.7. The summed E-state index contributed by atoms with van der Waals surface area (Å²) in [6, 6.07) is 0. The Bertz CT molecular complexity index is 1470. The van der Waals surface area contributed by atoms with Gasteiger partial charge in [0.25, 0.3) is 0 Å². The van der Waals surface area contributed by atoms with Crippen LogP contribution in [0.25, 0.3) is 0 Å². The number of esters is 3. The van der Waals surface area contributed by atoms with Gasteiger partial charge in [0.2, 0.25) is 0 Å². The van der Waals surface area contributed by atoms with E-state index >= 15 is 0 Å². The third-order valence-corrected chi connectivity index (χ3v) is 16.5. The summed E-state index contributed by atoms with van der Waals surface area (Å²) in [5, 5.41) is 0. The Morgan fingerprint density at radius 3 is 0.699 bits per heavy atom. The molecule has 0 saturated heterocycles. The molecule has 0 aromatic carbocycles. The Hall–Kier alpha value is -2.89. The highest BCUT2D eigenvalue weighted by atomic mass is 16.6. The highest BCUT2D eigenvalue weighted by Crippen LogP contribution is 2.19. The lowest BCUT2D eigenvalue weighted by molar-refractivity contribution is -0.167. The molecule has 0 aliphatic heterocycles. The average molecular weight is 1160 g/mol. The molecule has 0 heterocycles. The SMILES string of the molecule is CCCCC/C=C\C/C=C\C/C=C\CCCCCCCCC(=O)OC(COC(=O)CCCCCCCCC/C=C\C/C=C\CCCCC)COC(=O)CCCCCCCCCCCCCCCCCCCCCCCCCCCCCCC. The first-order valence-corrected chi connectivity index (χ1v) is 36.8. The zero-order valence-corrected chi connectivity index (χ0v) is 55.7. The number of carbonyl (C=O) groups excluding carboxylic acids is 3. The molecule has 1 atom stereocenters. The summed E-state index contributed by atoms with van der Waals surface area (Å²) in [4.78, 5) is 38.5. The smallest absolute Gasteiger partial charge is 0.306 e. The second-order valence-electron chi connectivity index (χ2n) is 24.9. The van der Waals surface area contributed by atoms with Gasteiger partial charge in [-0.25, -0.2) is 0 Å². The quantitative estimate of drug-likeness (QED) is 0.0261. The summed E-state index contributed by atoms with van der Waals surface area (Å²) in [5.74, 6) is -0.875. The Morgan fingerprint density at radius 2 is 0.434 bits per heavy atom. The molecule has 0 fully saturated rings. The second-order valence-corrected chi connectivity index (χ2v) is 24.9. The fourth-order valence-corrected chi connectivity index (χ4v) is 11.0. The van der Waals surface area contributed by atoms with Crippen LogP contribution in [0.2, 0.25) is 0 Å². The number of hydrogen-bond acceptors (Lipinski definition) is 6. The van der Waals surface area contributed by atoms with Crippen LogP contribution in [0.5, 0.6) is 0 Å². The molecule has 0 rings (SSSR count). The van der Waals surface area contributed by atoms with Gasteiger partial charge in [0, 0.05) is 19.3 Å². The van der Waals surface area contributed by atoms with Crippen LogP contribution in [0.1, 0.15) is 393 Å². The maximum absolute atomic E-state index is 13.0. The van der Waals surface area contributed by atoms with E-state index in [0.717, 1.165) is 96.3 Å². The van der Waals surface area contributed by atoms with Crippen molar-refractivity contribution in [1.29, 1.82) is 0 Å². The summed E-state index contributed by atoms with van der Waals surface area (Å²) >= 11 is 0. The molecule has 0 amide bonds. The fourth-order valence-electron chi connectivity index (χ4n) is 11.0. The van der Waals surface area contributed by atoms with Gasteiger partial charge >= 0.3 is 17.9 Å². The first-order valence-electron chi connectivity index (χ1n) is 36.8. The predicted molar refractivity (Wildman–Crippen MR) is 362 cm³/mol. The number of carbonyl (C=O) groups is 3. The van der Waals surface area contributed by atoms with E-state index in [1.807, 2.05) is 0 Å². The van der Waals surface area contributed by atoms with Crippen molar-refractivity contribution in [2.24, 2.45) is 0 Å². The van der Waals surface area contributed by atoms with E-state index in [0.29, 0.717) is 19.3 Å². The lowest BCUT2D eigenvalue weighted by Gasteiger charge is -2.18. The molecule has 0 aromatic rings. The van der Waals surface area contributed by atoms with E-state index in [1.165, 1.54) is 257 Å². The van der Waals surface area contributed by atoms with Crippen molar-refractivity contribution < 1.29 is 28.6 Å². The van der Waals surface area contributed by atoms with Gasteiger partial charge in [0.05, 0.1) is 0 Å². The number of rotatable bonds is 68. The summed E-state index contributed by atoms with van der Waals surface area (Å²) in [7, 11) is 0. The van der Waals surface area contributed by atoms with E-state index in [-0.39, 0.29) is 31.1 Å². The van der Waals surface area contributed by atoms with Crippen molar-refractivity contribution in [1.82, 2.24) is 0 Å². The summed E-state index contributed by atoms with van der Waals surface area (Å²) in [6.07, 6.45) is 92.6. The lowest BCUT2D eigenvalue weighted by Crippen LogP contribution is -2.30. The van der Waals surface area contributed by atoms with Crippen molar-refractivity contribution in [2.75, 3.05) is 13.2 Å². The Labute approximate surface area is 517 Å². The fraction of sp³-hybridized carbons (Fsp3) is 0.831. The van der Waals surface area contributed by atoms with Crippen molar-refractivity contribution in [3.8, 4) is 0 Å². The second kappa shape index (κ2) is 71.6. The molecule has 0 spiro atoms. The molecule has 0 bridgehead atoms. The molecule has 1 unspecified atom stereocenters. The standard InChI is InChI=1S/C77H140O6/c1-4-7-10-13-16-19-22-25-28-31-33-34-35-36-37-38-39-40-41-42-44-46-49-52-55-58-61-64-67-70-76(79)82-73-74(72-81-75(78)69-66-63-60-57-54-51-48-45-30-27-24-21-18-15-12-9-6-3)83-77(80)71-68-65-62-59-56-53-50-47-43-32-29-26-23-20-17-14-11-8-5-2/h17-18,20-21,26-27,29-30,43,47,74H,4-16,19,22-25,28,31-42,44-46,48-73H2,1-3H3/b20-17-,21-18-,29-26-,30-27-,47-43-. The van der Waals surface area contributed by atoms with Gasteiger partial charge in [-0.05, 0) is 89.9 Å². The minimum absolute atomic E-state index is 0.0787. The van der Waals surface area contributed by atoms with Crippen LogP contribution >= 0.6 is 0 Å². The summed E-state index contributed by atoms with van der Waals surface area (Å²) < 4.78 is 17.0. The maximum Gasteiger partial charge on any atom is 0.306 e. The van der Waals surface area contributed by atoms with Crippen LogP contribution in [0.4, 0.5) is 0 Å². The number of unbranched alkanes of at least 4 members (excludes halogenated alkanes) is 47. The topological polar surface area (TPSA) is 78.9 Å². The van der Waals surface area contributed by atoms with Gasteiger partial charge in [0.1, 0.15) is 13.2 Å². The highest BCUT2D eigenvalue weighted by molar-refractivity contribution is 5.71. The van der Waals surface area contributed by atoms with E-state index in [1.54, 1.807) is 0 Å². The van der Waals surface area contributed by atoms with Crippen LogP contribution in [0.15, 0.2) is 60.8 Å². The van der Waals surface area contributed by atoms with Crippen molar-refractivity contribution in [3.05, 3.63) is 60.8 Å². The third kappa shape index (κ3) is 69.8. The molecular weight excluding hydrogens is 1020 g/mol. The van der Waals surface area contributed by atoms with Gasteiger partial charge in [-0.3, -0.25) is 14.4 Å². The average Bonchev–Trinajstić information content (AvgIpc) is 3.49. The van der Waals surface area contributed by atoms with E-state index < -0.39 is 6.10 Å². The normalized spacial score (nSPS) is 12.4. The Balaban J connectivity index is 4.26. The van der Waals surface area contributed by atoms with Crippen LogP contribution in [-0.2, 0) is 28.6 Å². The lowest BCUT2D eigenvalue weighted by atomic mass is 10.0. The van der Waals surface area contributed by atoms with Gasteiger partial charge in [0.15, 0.2) is 6.10 Å². The predicted octanol–water partition coefficient (Wildman–Crippen LogP) is 25.5. The third-order valence-electron chi connectivity index (χ3n) is 16.5.